The Bertz CT molecular complexity index is 1110. The second-order valence-electron chi connectivity index (χ2n) is 7.27. The van der Waals surface area contributed by atoms with Crippen LogP contribution >= 0.6 is 11.6 Å². The van der Waals surface area contributed by atoms with Crippen LogP contribution in [-0.4, -0.2) is 68.6 Å². The quantitative estimate of drug-likeness (QED) is 0.474. The highest BCUT2D eigenvalue weighted by atomic mass is 35.5. The molecule has 3 rings (SSSR count). The summed E-state index contributed by atoms with van der Waals surface area (Å²) in [6, 6.07) is 8.66. The Morgan fingerprint density at radius 1 is 1.16 bits per heavy atom. The van der Waals surface area contributed by atoms with E-state index in [-0.39, 0.29) is 10.5 Å². The number of amides is 1. The zero-order chi connectivity index (χ0) is 22.8. The van der Waals surface area contributed by atoms with Crippen molar-refractivity contribution in [2.45, 2.75) is 11.4 Å². The average molecular weight is 468 g/mol. The van der Waals surface area contributed by atoms with Gasteiger partial charge in [0.15, 0.2) is 9.84 Å². The van der Waals surface area contributed by atoms with Crippen molar-refractivity contribution in [3.8, 4) is 5.75 Å². The van der Waals surface area contributed by atoms with E-state index in [4.69, 9.17) is 16.3 Å². The highest BCUT2D eigenvalue weighted by Gasteiger charge is 2.26. The van der Waals surface area contributed by atoms with Gasteiger partial charge in [0.05, 0.1) is 16.9 Å². The number of nitro groups is 1. The zero-order valence-electron chi connectivity index (χ0n) is 17.1. The standard InChI is InChI=1S/C20H22ClN3O6S/c1-30-19-4-3-16(21)9-15(19)13-22-5-7-23(8-6-22)20(25)14-10-17(24(26)27)12-18(11-14)31(2,28)29/h3-4,9-12H,5-8,13H2,1-2H3. The molecule has 0 aliphatic carbocycles. The van der Waals surface area contributed by atoms with Crippen LogP contribution in [0.3, 0.4) is 0 Å². The highest BCUT2D eigenvalue weighted by molar-refractivity contribution is 7.90. The number of methoxy groups -OCH3 is 1. The molecule has 9 nitrogen and oxygen atoms in total. The van der Waals surface area contributed by atoms with Crippen LogP contribution in [0.25, 0.3) is 0 Å². The van der Waals surface area contributed by atoms with Crippen LogP contribution in [-0.2, 0) is 16.4 Å². The van der Waals surface area contributed by atoms with Gasteiger partial charge in [-0.1, -0.05) is 11.6 Å². The molecule has 1 heterocycles. The summed E-state index contributed by atoms with van der Waals surface area (Å²) in [7, 11) is -2.11. The molecule has 1 fully saturated rings. The molecule has 1 amide bonds. The molecular weight excluding hydrogens is 446 g/mol. The van der Waals surface area contributed by atoms with Crippen LogP contribution in [0.15, 0.2) is 41.3 Å². The van der Waals surface area contributed by atoms with Gasteiger partial charge < -0.3 is 9.64 Å². The highest BCUT2D eigenvalue weighted by Crippen LogP contribution is 2.25. The lowest BCUT2D eigenvalue weighted by Gasteiger charge is -2.35. The molecule has 0 radical (unpaired) electrons. The Morgan fingerprint density at radius 2 is 1.84 bits per heavy atom. The van der Waals surface area contributed by atoms with Crippen molar-refractivity contribution in [3.05, 3.63) is 62.7 Å². The van der Waals surface area contributed by atoms with Crippen molar-refractivity contribution in [1.82, 2.24) is 9.80 Å². The molecule has 1 aliphatic heterocycles. The van der Waals surface area contributed by atoms with Crippen molar-refractivity contribution >= 4 is 33.0 Å². The fourth-order valence-corrected chi connectivity index (χ4v) is 4.30. The van der Waals surface area contributed by atoms with E-state index in [0.29, 0.717) is 37.7 Å². The lowest BCUT2D eigenvalue weighted by molar-refractivity contribution is -0.385. The van der Waals surface area contributed by atoms with E-state index < -0.39 is 26.4 Å². The van der Waals surface area contributed by atoms with Crippen LogP contribution in [0.2, 0.25) is 5.02 Å². The van der Waals surface area contributed by atoms with Gasteiger partial charge in [-0.2, -0.15) is 0 Å². The largest absolute Gasteiger partial charge is 0.496 e. The van der Waals surface area contributed by atoms with Crippen LogP contribution in [0.1, 0.15) is 15.9 Å². The number of benzene rings is 2. The Balaban J connectivity index is 1.73. The topological polar surface area (TPSA) is 110 Å². The van der Waals surface area contributed by atoms with Gasteiger partial charge in [0, 0.05) is 67.3 Å². The third-order valence-electron chi connectivity index (χ3n) is 5.07. The summed E-state index contributed by atoms with van der Waals surface area (Å²) in [5.41, 5.74) is 0.490. The molecule has 0 bridgehead atoms. The number of hydrogen-bond donors (Lipinski definition) is 0. The van der Waals surface area contributed by atoms with E-state index in [1.807, 2.05) is 6.07 Å². The molecular formula is C20H22ClN3O6S. The first-order valence-electron chi connectivity index (χ1n) is 9.42. The van der Waals surface area contributed by atoms with Crippen molar-refractivity contribution in [1.29, 1.82) is 0 Å². The molecule has 0 atom stereocenters. The van der Waals surface area contributed by atoms with E-state index in [1.54, 1.807) is 24.1 Å². The second-order valence-corrected chi connectivity index (χ2v) is 9.72. The smallest absolute Gasteiger partial charge is 0.271 e. The molecule has 0 spiro atoms. The van der Waals surface area contributed by atoms with Crippen LogP contribution < -0.4 is 4.74 Å². The van der Waals surface area contributed by atoms with Crippen molar-refractivity contribution in [3.63, 3.8) is 0 Å². The number of carbonyl (C=O) groups is 1. The summed E-state index contributed by atoms with van der Waals surface area (Å²) < 4.78 is 29.1. The van der Waals surface area contributed by atoms with E-state index in [0.717, 1.165) is 29.7 Å². The molecule has 0 aromatic heterocycles. The van der Waals surface area contributed by atoms with E-state index in [2.05, 4.69) is 4.90 Å². The second kappa shape index (κ2) is 9.21. The first-order valence-corrected chi connectivity index (χ1v) is 11.7. The molecule has 1 saturated heterocycles. The predicted octanol–water partition coefficient (Wildman–Crippen LogP) is 2.62. The number of rotatable bonds is 6. The Morgan fingerprint density at radius 3 is 2.42 bits per heavy atom. The van der Waals surface area contributed by atoms with Crippen molar-refractivity contribution in [2.75, 3.05) is 39.5 Å². The molecule has 1 aliphatic rings. The molecule has 11 heteroatoms. The number of nitrogens with zero attached hydrogens (tertiary/aromatic N) is 3. The van der Waals surface area contributed by atoms with Gasteiger partial charge in [-0.05, 0) is 24.3 Å². The maximum atomic E-state index is 12.9. The van der Waals surface area contributed by atoms with Gasteiger partial charge in [0.2, 0.25) is 0 Å². The number of nitro benzene ring substituents is 1. The number of non-ortho nitro benzene ring substituents is 1. The van der Waals surface area contributed by atoms with Crippen LogP contribution in [0, 0.1) is 10.1 Å². The molecule has 2 aromatic rings. The summed E-state index contributed by atoms with van der Waals surface area (Å²) in [6.45, 7) is 2.56. The summed E-state index contributed by atoms with van der Waals surface area (Å²) in [4.78, 5) is 26.9. The molecule has 0 saturated carbocycles. The minimum absolute atomic E-state index is 0.0143. The van der Waals surface area contributed by atoms with Gasteiger partial charge in [0.1, 0.15) is 5.75 Å². The molecule has 166 valence electrons. The lowest BCUT2D eigenvalue weighted by Crippen LogP contribution is -2.48. The number of ether oxygens (including phenoxy) is 1. The SMILES string of the molecule is COc1ccc(Cl)cc1CN1CCN(C(=O)c2cc([N+](=O)[O-])cc(S(C)(=O)=O)c2)CC1. The lowest BCUT2D eigenvalue weighted by atomic mass is 10.1. The molecule has 0 N–H and O–H groups in total. The number of hydrogen-bond acceptors (Lipinski definition) is 7. The maximum Gasteiger partial charge on any atom is 0.271 e. The van der Waals surface area contributed by atoms with Crippen LogP contribution in [0.4, 0.5) is 5.69 Å². The average Bonchev–Trinajstić information content (AvgIpc) is 2.73. The van der Waals surface area contributed by atoms with Gasteiger partial charge in [-0.3, -0.25) is 19.8 Å². The first-order chi connectivity index (χ1) is 14.6. The fourth-order valence-electron chi connectivity index (χ4n) is 3.43. The van der Waals surface area contributed by atoms with Gasteiger partial charge in [-0.15, -0.1) is 0 Å². The van der Waals surface area contributed by atoms with Gasteiger partial charge in [-0.25, -0.2) is 8.42 Å². The summed E-state index contributed by atoms with van der Waals surface area (Å²) >= 11 is 6.09. The van der Waals surface area contributed by atoms with Crippen LogP contribution in [0.5, 0.6) is 5.75 Å². The first kappa shape index (κ1) is 23.0. The normalized spacial score (nSPS) is 15.0. The van der Waals surface area contributed by atoms with Crippen molar-refractivity contribution in [2.24, 2.45) is 0 Å². The van der Waals surface area contributed by atoms with Crippen molar-refractivity contribution < 1.29 is 22.9 Å². The minimum atomic E-state index is -3.71. The van der Waals surface area contributed by atoms with E-state index in [9.17, 15) is 23.3 Å². The van der Waals surface area contributed by atoms with Gasteiger partial charge >= 0.3 is 0 Å². The third kappa shape index (κ3) is 5.52. The van der Waals surface area contributed by atoms with E-state index >= 15 is 0 Å². The summed E-state index contributed by atoms with van der Waals surface area (Å²) in [5.74, 6) is 0.293. The maximum absolute atomic E-state index is 12.9. The summed E-state index contributed by atoms with van der Waals surface area (Å²) in [6.07, 6.45) is 0.948. The number of piperazine rings is 1. The van der Waals surface area contributed by atoms with E-state index in [1.165, 1.54) is 6.07 Å². The Kier molecular flexibility index (Phi) is 6.83. The Labute approximate surface area is 185 Å². The number of carbonyl (C=O) groups excluding carboxylic acids is 1. The monoisotopic (exact) mass is 467 g/mol. The molecule has 0 unspecified atom stereocenters. The minimum Gasteiger partial charge on any atom is -0.496 e. The zero-order valence-corrected chi connectivity index (χ0v) is 18.6. The number of halogens is 1. The summed E-state index contributed by atoms with van der Waals surface area (Å²) in [5, 5.41) is 11.8. The number of sulfone groups is 1. The van der Waals surface area contributed by atoms with Gasteiger partial charge in [0.25, 0.3) is 11.6 Å². The fraction of sp³-hybridized carbons (Fsp3) is 0.350. The Hall–Kier alpha value is -2.69. The molecule has 2 aromatic carbocycles. The third-order valence-corrected chi connectivity index (χ3v) is 6.40. The predicted molar refractivity (Wildman–Crippen MR) is 115 cm³/mol. The molecule has 31 heavy (non-hydrogen) atoms.